The normalized spacial score (nSPS) is 11.5. The number of guanidine groups is 1. The first kappa shape index (κ1) is 14.4. The zero-order valence-electron chi connectivity index (χ0n) is 9.23. The summed E-state index contributed by atoms with van der Waals surface area (Å²) in [5.74, 6) is 5.74. The van der Waals surface area contributed by atoms with Crippen LogP contribution in [0.2, 0.25) is 15.1 Å². The smallest absolute Gasteiger partial charge is 0.210 e. The molecule has 0 aliphatic carbocycles. The van der Waals surface area contributed by atoms with Crippen molar-refractivity contribution < 1.29 is 0 Å². The van der Waals surface area contributed by atoms with Gasteiger partial charge in [0.05, 0.1) is 15.7 Å². The first-order valence-electron chi connectivity index (χ1n) is 5.01. The molecule has 17 heavy (non-hydrogen) atoms. The van der Waals surface area contributed by atoms with E-state index in [1.807, 2.05) is 6.92 Å². The van der Waals surface area contributed by atoms with Gasteiger partial charge in [-0.15, -0.1) is 0 Å². The van der Waals surface area contributed by atoms with Crippen molar-refractivity contribution in [3.8, 4) is 0 Å². The van der Waals surface area contributed by atoms with E-state index < -0.39 is 0 Å². The molecule has 0 atom stereocenters. The number of nitrogens with one attached hydrogen (secondary N) is 2. The molecule has 4 N–H and O–H groups in total. The van der Waals surface area contributed by atoms with Crippen LogP contribution in [-0.2, 0) is 0 Å². The monoisotopic (exact) mass is 294 g/mol. The average molecular weight is 296 g/mol. The number of aliphatic imine (C=N–C) groups is 1. The van der Waals surface area contributed by atoms with Crippen LogP contribution in [0, 0.1) is 0 Å². The van der Waals surface area contributed by atoms with Crippen LogP contribution in [0.4, 0.5) is 5.69 Å². The van der Waals surface area contributed by atoms with Crippen LogP contribution >= 0.6 is 34.8 Å². The van der Waals surface area contributed by atoms with Crippen LogP contribution in [0.25, 0.3) is 0 Å². The summed E-state index contributed by atoms with van der Waals surface area (Å²) in [6.07, 6.45) is 0.912. The van der Waals surface area contributed by atoms with Crippen molar-refractivity contribution in [2.45, 2.75) is 13.3 Å². The molecule has 0 heterocycles. The molecule has 0 radical (unpaired) electrons. The molecule has 0 saturated carbocycles. The van der Waals surface area contributed by atoms with E-state index in [2.05, 4.69) is 15.7 Å². The zero-order valence-corrected chi connectivity index (χ0v) is 11.5. The van der Waals surface area contributed by atoms with Gasteiger partial charge in [-0.3, -0.25) is 10.4 Å². The second kappa shape index (κ2) is 6.91. The Kier molecular flexibility index (Phi) is 5.85. The Hall–Kier alpha value is -0.680. The number of nitrogens with two attached hydrogens (primary N) is 1. The maximum absolute atomic E-state index is 6.01. The minimum Gasteiger partial charge on any atom is -0.323 e. The zero-order chi connectivity index (χ0) is 12.8. The molecule has 7 heteroatoms. The highest BCUT2D eigenvalue weighted by atomic mass is 35.5. The summed E-state index contributed by atoms with van der Waals surface area (Å²) in [5, 5.41) is 4.20. The Morgan fingerprint density at radius 3 is 2.35 bits per heavy atom. The molecule has 0 fully saturated rings. The Balaban J connectivity index is 2.94. The first-order chi connectivity index (χ1) is 8.08. The number of benzene rings is 1. The first-order valence-corrected chi connectivity index (χ1v) is 6.14. The largest absolute Gasteiger partial charge is 0.323 e. The lowest BCUT2D eigenvalue weighted by Gasteiger charge is -2.12. The molecule has 0 aliphatic rings. The van der Waals surface area contributed by atoms with Crippen molar-refractivity contribution >= 4 is 46.4 Å². The summed E-state index contributed by atoms with van der Waals surface area (Å²) in [7, 11) is 0. The third-order valence-electron chi connectivity index (χ3n) is 1.88. The summed E-state index contributed by atoms with van der Waals surface area (Å²) < 4.78 is 0. The van der Waals surface area contributed by atoms with Gasteiger partial charge in [-0.25, -0.2) is 5.84 Å². The molecule has 0 unspecified atom stereocenters. The standard InChI is InChI=1S/C10H13Cl3N4/c1-2-3-15-10(17-14)16-9-7(12)4-6(11)5-8(9)13/h4-5H,2-3,14H2,1H3,(H2,15,16,17). The molecule has 1 rings (SSSR count). The quantitative estimate of drug-likeness (QED) is 0.347. The van der Waals surface area contributed by atoms with Crippen molar-refractivity contribution in [3.05, 3.63) is 27.2 Å². The van der Waals surface area contributed by atoms with E-state index >= 15 is 0 Å². The van der Waals surface area contributed by atoms with Crippen molar-refractivity contribution in [2.24, 2.45) is 10.8 Å². The summed E-state index contributed by atoms with van der Waals surface area (Å²) >= 11 is 17.8. The lowest BCUT2D eigenvalue weighted by molar-refractivity contribution is 0.905. The van der Waals surface area contributed by atoms with E-state index in [0.717, 1.165) is 6.42 Å². The molecule has 4 nitrogen and oxygen atoms in total. The fourth-order valence-electron chi connectivity index (χ4n) is 1.12. The van der Waals surface area contributed by atoms with Gasteiger partial charge in [0.15, 0.2) is 0 Å². The second-order valence-corrected chi connectivity index (χ2v) is 4.49. The predicted molar refractivity (Wildman–Crippen MR) is 75.0 cm³/mol. The maximum Gasteiger partial charge on any atom is 0.210 e. The summed E-state index contributed by atoms with van der Waals surface area (Å²) in [4.78, 5) is 4.18. The number of anilines is 1. The minimum atomic E-state index is 0.401. The average Bonchev–Trinajstić information content (AvgIpc) is 2.27. The van der Waals surface area contributed by atoms with E-state index in [1.54, 1.807) is 12.1 Å². The Morgan fingerprint density at radius 1 is 1.29 bits per heavy atom. The number of rotatable bonds is 3. The Bertz CT molecular complexity index is 397. The number of hydrogen-bond donors (Lipinski definition) is 3. The van der Waals surface area contributed by atoms with E-state index in [4.69, 9.17) is 40.6 Å². The van der Waals surface area contributed by atoms with Gasteiger partial charge in [-0.1, -0.05) is 41.7 Å². The molecule has 0 bridgehead atoms. The second-order valence-electron chi connectivity index (χ2n) is 3.24. The molecule has 0 aromatic heterocycles. The summed E-state index contributed by atoms with van der Waals surface area (Å²) in [6.45, 7) is 2.66. The molecule has 0 aliphatic heterocycles. The number of nitrogens with zero attached hydrogens (tertiary/aromatic N) is 1. The fourth-order valence-corrected chi connectivity index (χ4v) is 2.04. The van der Waals surface area contributed by atoms with E-state index in [0.29, 0.717) is 33.3 Å². The highest BCUT2D eigenvalue weighted by Gasteiger charge is 2.09. The van der Waals surface area contributed by atoms with Crippen LogP contribution < -0.4 is 16.6 Å². The van der Waals surface area contributed by atoms with Gasteiger partial charge in [-0.05, 0) is 18.6 Å². The van der Waals surface area contributed by atoms with Crippen molar-refractivity contribution in [3.63, 3.8) is 0 Å². The SMILES string of the molecule is CCCN=C(NN)Nc1c(Cl)cc(Cl)cc1Cl. The molecule has 0 amide bonds. The van der Waals surface area contributed by atoms with Gasteiger partial charge in [0.25, 0.3) is 0 Å². The van der Waals surface area contributed by atoms with Crippen LogP contribution in [-0.4, -0.2) is 12.5 Å². The number of hydrogen-bond acceptors (Lipinski definition) is 2. The van der Waals surface area contributed by atoms with E-state index in [1.165, 1.54) is 0 Å². The van der Waals surface area contributed by atoms with Crippen LogP contribution in [0.15, 0.2) is 17.1 Å². The number of halogens is 3. The highest BCUT2D eigenvalue weighted by Crippen LogP contribution is 2.33. The lowest BCUT2D eigenvalue weighted by atomic mass is 10.3. The van der Waals surface area contributed by atoms with Gasteiger partial charge >= 0.3 is 0 Å². The van der Waals surface area contributed by atoms with Crippen molar-refractivity contribution in [2.75, 3.05) is 11.9 Å². The van der Waals surface area contributed by atoms with E-state index in [9.17, 15) is 0 Å². The molecular formula is C10H13Cl3N4. The van der Waals surface area contributed by atoms with Crippen LogP contribution in [0.5, 0.6) is 0 Å². The fraction of sp³-hybridized carbons (Fsp3) is 0.300. The van der Waals surface area contributed by atoms with Gasteiger partial charge in [0, 0.05) is 11.6 Å². The highest BCUT2D eigenvalue weighted by molar-refractivity contribution is 6.42. The summed E-state index contributed by atoms with van der Waals surface area (Å²) in [5.41, 5.74) is 2.96. The van der Waals surface area contributed by atoms with Gasteiger partial charge < -0.3 is 5.32 Å². The van der Waals surface area contributed by atoms with Crippen LogP contribution in [0.1, 0.15) is 13.3 Å². The van der Waals surface area contributed by atoms with E-state index in [-0.39, 0.29) is 0 Å². The Morgan fingerprint density at radius 2 is 1.88 bits per heavy atom. The third kappa shape index (κ3) is 4.24. The lowest BCUT2D eigenvalue weighted by Crippen LogP contribution is -2.36. The van der Waals surface area contributed by atoms with Crippen molar-refractivity contribution in [1.82, 2.24) is 5.43 Å². The van der Waals surface area contributed by atoms with Crippen LogP contribution in [0.3, 0.4) is 0 Å². The molecule has 0 spiro atoms. The molecule has 1 aromatic rings. The van der Waals surface area contributed by atoms with Gasteiger partial charge in [0.1, 0.15) is 0 Å². The third-order valence-corrected chi connectivity index (χ3v) is 2.69. The molecule has 94 valence electrons. The molecule has 0 saturated heterocycles. The van der Waals surface area contributed by atoms with Gasteiger partial charge in [0.2, 0.25) is 5.96 Å². The topological polar surface area (TPSA) is 62.4 Å². The van der Waals surface area contributed by atoms with Gasteiger partial charge in [-0.2, -0.15) is 0 Å². The summed E-state index contributed by atoms with van der Waals surface area (Å²) in [6, 6.07) is 3.18. The molecular weight excluding hydrogens is 282 g/mol. The van der Waals surface area contributed by atoms with Crippen molar-refractivity contribution in [1.29, 1.82) is 0 Å². The number of hydrazine groups is 1. The molecule has 1 aromatic carbocycles. The minimum absolute atomic E-state index is 0.401. The predicted octanol–water partition coefficient (Wildman–Crippen LogP) is 3.29. The maximum atomic E-state index is 6.01. The Labute approximate surface area is 115 Å².